The summed E-state index contributed by atoms with van der Waals surface area (Å²) in [6, 6.07) is 3.70. The first kappa shape index (κ1) is 26.2. The molecule has 186 valence electrons. The van der Waals surface area contributed by atoms with Gasteiger partial charge in [-0.3, -0.25) is 14.5 Å². The number of likely N-dealkylation sites (N-methyl/N-ethyl adjacent to an activating group) is 1. The number of nitrogens with zero attached hydrogens (tertiary/aromatic N) is 3. The Morgan fingerprint density at radius 2 is 1.94 bits per heavy atom. The van der Waals surface area contributed by atoms with Gasteiger partial charge in [-0.05, 0) is 36.0 Å². The van der Waals surface area contributed by atoms with Crippen molar-refractivity contribution in [3.63, 3.8) is 0 Å². The molecule has 1 aromatic carbocycles. The zero-order chi connectivity index (χ0) is 25.2. The van der Waals surface area contributed by atoms with Crippen LogP contribution in [0.2, 0.25) is 5.02 Å². The summed E-state index contributed by atoms with van der Waals surface area (Å²) in [6.07, 6.45) is 0.849. The van der Waals surface area contributed by atoms with Crippen molar-refractivity contribution in [2.45, 2.75) is 60.2 Å². The first-order valence-electron chi connectivity index (χ1n) is 11.7. The Hall–Kier alpha value is -2.45. The van der Waals surface area contributed by atoms with Gasteiger partial charge in [-0.2, -0.15) is 0 Å². The van der Waals surface area contributed by atoms with Crippen molar-refractivity contribution in [2.75, 3.05) is 20.1 Å². The molecular formula is C25H35ClFN5O2. The van der Waals surface area contributed by atoms with E-state index in [1.54, 1.807) is 19.2 Å². The third kappa shape index (κ3) is 5.78. The van der Waals surface area contributed by atoms with Gasteiger partial charge in [-0.15, -0.1) is 0 Å². The third-order valence-corrected chi connectivity index (χ3v) is 6.20. The summed E-state index contributed by atoms with van der Waals surface area (Å²) in [5.74, 6) is -0.365. The van der Waals surface area contributed by atoms with Crippen LogP contribution in [0.25, 0.3) is 11.4 Å². The fourth-order valence-electron chi connectivity index (χ4n) is 4.38. The Bertz CT molecular complexity index is 1060. The van der Waals surface area contributed by atoms with Gasteiger partial charge in [0.05, 0.1) is 11.3 Å². The molecule has 3 rings (SSSR count). The first-order valence-corrected chi connectivity index (χ1v) is 12.1. The third-order valence-electron chi connectivity index (χ3n) is 5.96. The molecule has 2 aromatic rings. The lowest BCUT2D eigenvalue weighted by Gasteiger charge is -2.29. The second-order valence-electron chi connectivity index (χ2n) is 10.4. The lowest BCUT2D eigenvalue weighted by atomic mass is 9.86. The number of halogens is 2. The maximum Gasteiger partial charge on any atom is 0.272 e. The highest BCUT2D eigenvalue weighted by molar-refractivity contribution is 6.30. The lowest BCUT2D eigenvalue weighted by molar-refractivity contribution is -0.124. The van der Waals surface area contributed by atoms with Crippen LogP contribution in [0.15, 0.2) is 18.2 Å². The van der Waals surface area contributed by atoms with Crippen LogP contribution in [0.4, 0.5) is 4.39 Å². The number of imidazole rings is 1. The summed E-state index contributed by atoms with van der Waals surface area (Å²) >= 11 is 5.96. The number of aromatic nitrogens is 2. The van der Waals surface area contributed by atoms with Crippen molar-refractivity contribution in [2.24, 2.45) is 11.3 Å². The molecule has 0 spiro atoms. The number of carbonyl (C=O) groups is 2. The van der Waals surface area contributed by atoms with E-state index in [1.807, 2.05) is 25.3 Å². The van der Waals surface area contributed by atoms with Gasteiger partial charge in [0, 0.05) is 38.2 Å². The van der Waals surface area contributed by atoms with Crippen LogP contribution in [0.3, 0.4) is 0 Å². The van der Waals surface area contributed by atoms with Gasteiger partial charge in [0.25, 0.3) is 5.91 Å². The molecule has 0 bridgehead atoms. The maximum absolute atomic E-state index is 14.9. The molecule has 0 radical (unpaired) electrons. The van der Waals surface area contributed by atoms with Crippen molar-refractivity contribution >= 4 is 23.4 Å². The van der Waals surface area contributed by atoms with E-state index in [2.05, 4.69) is 34.4 Å². The second-order valence-corrected chi connectivity index (χ2v) is 10.8. The summed E-state index contributed by atoms with van der Waals surface area (Å²) < 4.78 is 16.8. The molecule has 2 heterocycles. The van der Waals surface area contributed by atoms with Crippen LogP contribution >= 0.6 is 11.6 Å². The zero-order valence-corrected chi connectivity index (χ0v) is 21.6. The summed E-state index contributed by atoms with van der Waals surface area (Å²) in [5, 5.41) is 5.80. The van der Waals surface area contributed by atoms with E-state index in [1.165, 1.54) is 6.07 Å². The smallest absolute Gasteiger partial charge is 0.272 e. The highest BCUT2D eigenvalue weighted by atomic mass is 35.5. The van der Waals surface area contributed by atoms with E-state index in [9.17, 15) is 14.0 Å². The topological polar surface area (TPSA) is 79.3 Å². The second kappa shape index (κ2) is 10.4. The summed E-state index contributed by atoms with van der Waals surface area (Å²) in [4.78, 5) is 33.0. The minimum atomic E-state index is -0.754. The van der Waals surface area contributed by atoms with E-state index >= 15 is 0 Å². The fraction of sp³-hybridized carbons (Fsp3) is 0.560. The molecule has 0 aliphatic carbocycles. The highest BCUT2D eigenvalue weighted by Gasteiger charge is 2.35. The Morgan fingerprint density at radius 3 is 2.53 bits per heavy atom. The van der Waals surface area contributed by atoms with Crippen molar-refractivity contribution in [3.05, 3.63) is 40.4 Å². The lowest BCUT2D eigenvalue weighted by Crippen LogP contribution is -2.53. The molecule has 1 aliphatic rings. The number of hydrogen-bond acceptors (Lipinski definition) is 4. The van der Waals surface area contributed by atoms with Crippen LogP contribution in [0.5, 0.6) is 0 Å². The van der Waals surface area contributed by atoms with Gasteiger partial charge in [-0.1, -0.05) is 46.2 Å². The van der Waals surface area contributed by atoms with Crippen molar-refractivity contribution in [1.82, 2.24) is 25.1 Å². The van der Waals surface area contributed by atoms with Crippen molar-refractivity contribution in [1.29, 1.82) is 0 Å². The Labute approximate surface area is 206 Å². The maximum atomic E-state index is 14.9. The number of amides is 2. The molecule has 34 heavy (non-hydrogen) atoms. The summed E-state index contributed by atoms with van der Waals surface area (Å²) in [7, 11) is 1.54. The van der Waals surface area contributed by atoms with Gasteiger partial charge < -0.3 is 15.2 Å². The average molecular weight is 492 g/mol. The number of fused-ring (bicyclic) bond motifs is 1. The molecule has 2 amide bonds. The highest BCUT2D eigenvalue weighted by Crippen LogP contribution is 2.30. The quantitative estimate of drug-likeness (QED) is 0.637. The largest absolute Gasteiger partial charge is 0.357 e. The number of carbonyl (C=O) groups excluding carboxylic acids is 2. The standard InChI is InChI=1S/C25H35ClFN5O2/c1-15(2)13-31-10-7-11-32-19(14-31)20(23(33)30-21(24(34)28-6)25(3,4)5)29-22(32)17-9-8-16(26)12-18(17)27/h8-9,12,15,21H,7,10-11,13-14H2,1-6H3,(H,28,34)(H,30,33)/t21-/m1/s1. The molecule has 0 saturated carbocycles. The van der Waals surface area contributed by atoms with E-state index in [0.717, 1.165) is 25.2 Å². The number of rotatable bonds is 6. The molecule has 0 fully saturated rings. The van der Waals surface area contributed by atoms with Gasteiger partial charge in [-0.25, -0.2) is 9.37 Å². The van der Waals surface area contributed by atoms with Gasteiger partial charge >= 0.3 is 0 Å². The number of benzene rings is 1. The van der Waals surface area contributed by atoms with Crippen LogP contribution < -0.4 is 10.6 Å². The van der Waals surface area contributed by atoms with Crippen molar-refractivity contribution in [3.8, 4) is 11.4 Å². The van der Waals surface area contributed by atoms with Crippen LogP contribution in [-0.2, 0) is 17.9 Å². The molecule has 1 aromatic heterocycles. The molecule has 0 saturated heterocycles. The van der Waals surface area contributed by atoms with Gasteiger partial charge in [0.2, 0.25) is 5.91 Å². The minimum Gasteiger partial charge on any atom is -0.357 e. The summed E-state index contributed by atoms with van der Waals surface area (Å²) in [5.41, 5.74) is 0.727. The molecule has 2 N–H and O–H groups in total. The van der Waals surface area contributed by atoms with E-state index in [-0.39, 0.29) is 11.6 Å². The van der Waals surface area contributed by atoms with Crippen LogP contribution in [0.1, 0.15) is 57.2 Å². The van der Waals surface area contributed by atoms with E-state index in [0.29, 0.717) is 35.4 Å². The van der Waals surface area contributed by atoms with E-state index in [4.69, 9.17) is 11.6 Å². The molecular weight excluding hydrogens is 457 g/mol. The fourth-order valence-corrected chi connectivity index (χ4v) is 4.54. The monoisotopic (exact) mass is 491 g/mol. The molecule has 9 heteroatoms. The molecule has 7 nitrogen and oxygen atoms in total. The SMILES string of the molecule is CNC(=O)[C@@H](NC(=O)c1nc(-c2ccc(Cl)cc2F)n2c1CN(CC(C)C)CCC2)C(C)(C)C. The first-order chi connectivity index (χ1) is 15.9. The minimum absolute atomic E-state index is 0.221. The van der Waals surface area contributed by atoms with Crippen molar-refractivity contribution < 1.29 is 14.0 Å². The Kier molecular flexibility index (Phi) is 8.03. The van der Waals surface area contributed by atoms with Crippen LogP contribution in [0, 0.1) is 17.2 Å². The summed E-state index contributed by atoms with van der Waals surface area (Å²) in [6.45, 7) is 12.8. The number of nitrogens with one attached hydrogen (secondary N) is 2. The Balaban J connectivity index is 2.09. The number of hydrogen-bond donors (Lipinski definition) is 2. The molecule has 0 unspecified atom stereocenters. The Morgan fingerprint density at radius 1 is 1.24 bits per heavy atom. The van der Waals surface area contributed by atoms with Crippen LogP contribution in [-0.4, -0.2) is 52.4 Å². The molecule has 1 atom stereocenters. The average Bonchev–Trinajstić information content (AvgIpc) is 2.95. The van der Waals surface area contributed by atoms with Gasteiger partial charge in [0.15, 0.2) is 5.69 Å². The molecule has 1 aliphatic heterocycles. The predicted molar refractivity (Wildman–Crippen MR) is 132 cm³/mol. The van der Waals surface area contributed by atoms with Gasteiger partial charge in [0.1, 0.15) is 17.7 Å². The van der Waals surface area contributed by atoms with E-state index < -0.39 is 23.2 Å². The normalized spacial score (nSPS) is 15.6. The predicted octanol–water partition coefficient (Wildman–Crippen LogP) is 4.09. The zero-order valence-electron chi connectivity index (χ0n) is 20.8.